The lowest BCUT2D eigenvalue weighted by Crippen LogP contribution is -2.26. The quantitative estimate of drug-likeness (QED) is 0.611. The van der Waals surface area contributed by atoms with Crippen molar-refractivity contribution in [1.82, 2.24) is 0 Å². The number of hydrogen-bond donors (Lipinski definition) is 0. The van der Waals surface area contributed by atoms with Crippen molar-refractivity contribution in [2.24, 2.45) is 4.40 Å². The molecule has 0 spiro atoms. The Morgan fingerprint density at radius 2 is 2.05 bits per heavy atom. The van der Waals surface area contributed by atoms with Crippen LogP contribution in [-0.4, -0.2) is 21.6 Å². The van der Waals surface area contributed by atoms with Gasteiger partial charge in [0.2, 0.25) is 0 Å². The van der Waals surface area contributed by atoms with Crippen LogP contribution in [-0.2, 0) is 11.4 Å². The molecule has 20 heavy (non-hydrogen) atoms. The minimum Gasteiger partial charge on any atom is -0.591 e. The third-order valence-corrected chi connectivity index (χ3v) is 4.04. The summed E-state index contributed by atoms with van der Waals surface area (Å²) in [5.74, 6) is -0.188. The molecule has 0 radical (unpaired) electrons. The molecule has 1 aromatic carbocycles. The van der Waals surface area contributed by atoms with Crippen molar-refractivity contribution in [2.75, 3.05) is 6.61 Å². The van der Waals surface area contributed by atoms with Crippen LogP contribution in [0.4, 0.5) is 4.39 Å². The molecule has 0 amide bonds. The summed E-state index contributed by atoms with van der Waals surface area (Å²) in [6.07, 6.45) is 0.810. The first-order valence-corrected chi connectivity index (χ1v) is 7.76. The van der Waals surface area contributed by atoms with E-state index in [1.165, 1.54) is 6.07 Å². The highest BCUT2D eigenvalue weighted by Crippen LogP contribution is 2.22. The first-order chi connectivity index (χ1) is 9.25. The fourth-order valence-corrected chi connectivity index (χ4v) is 1.99. The van der Waals surface area contributed by atoms with Gasteiger partial charge in [0, 0.05) is 5.56 Å². The van der Waals surface area contributed by atoms with Gasteiger partial charge in [-0.2, -0.15) is 0 Å². The van der Waals surface area contributed by atoms with Crippen LogP contribution in [0.25, 0.3) is 0 Å². The second-order valence-electron chi connectivity index (χ2n) is 5.53. The first kappa shape index (κ1) is 17.0. The molecule has 0 aliphatic rings. The highest BCUT2D eigenvalue weighted by atomic mass is 32.2. The van der Waals surface area contributed by atoms with Gasteiger partial charge < -0.3 is 9.29 Å². The molecule has 0 saturated carbocycles. The maximum Gasteiger partial charge on any atom is 0.165 e. The fraction of sp³-hybridized carbons (Fsp3) is 0.533. The maximum atomic E-state index is 13.6. The molecule has 5 heteroatoms. The van der Waals surface area contributed by atoms with Crippen LogP contribution < -0.4 is 4.74 Å². The van der Waals surface area contributed by atoms with Crippen molar-refractivity contribution >= 4 is 17.1 Å². The fourth-order valence-electron chi connectivity index (χ4n) is 1.37. The Morgan fingerprint density at radius 3 is 2.60 bits per heavy atom. The van der Waals surface area contributed by atoms with Crippen molar-refractivity contribution in [1.29, 1.82) is 0 Å². The number of benzene rings is 1. The molecule has 1 aromatic rings. The van der Waals surface area contributed by atoms with Crippen molar-refractivity contribution in [3.05, 3.63) is 29.6 Å². The van der Waals surface area contributed by atoms with Crippen LogP contribution in [0.2, 0.25) is 0 Å². The van der Waals surface area contributed by atoms with E-state index in [-0.39, 0.29) is 5.75 Å². The van der Waals surface area contributed by atoms with Gasteiger partial charge in [0.1, 0.15) is 16.1 Å². The second-order valence-corrected chi connectivity index (χ2v) is 7.44. The number of nitrogens with zero attached hydrogens (tertiary/aromatic N) is 1. The van der Waals surface area contributed by atoms with E-state index in [1.54, 1.807) is 19.1 Å². The Balaban J connectivity index is 2.99. The van der Waals surface area contributed by atoms with Gasteiger partial charge >= 0.3 is 0 Å². The summed E-state index contributed by atoms with van der Waals surface area (Å²) in [6, 6.07) is 4.57. The molecule has 3 nitrogen and oxygen atoms in total. The van der Waals surface area contributed by atoms with E-state index in [1.807, 2.05) is 27.7 Å². The molecule has 0 aromatic heterocycles. The van der Waals surface area contributed by atoms with Crippen molar-refractivity contribution < 1.29 is 13.7 Å². The topological polar surface area (TPSA) is 44.6 Å². The van der Waals surface area contributed by atoms with Gasteiger partial charge in [0.15, 0.2) is 11.6 Å². The van der Waals surface area contributed by atoms with Crippen LogP contribution in [0.3, 0.4) is 0 Å². The van der Waals surface area contributed by atoms with Crippen LogP contribution in [0.1, 0.15) is 46.6 Å². The molecule has 0 heterocycles. The standard InChI is InChI=1S/C15H22FNO2S/c1-6-9-19-14-10-12(7-8-13(14)16)11(2)17-20(18)15(3,4)5/h7-8,10H,6,9H2,1-5H3/t20-/m0/s1. The molecular formula is C15H22FNO2S. The van der Waals surface area contributed by atoms with Crippen LogP contribution in [0, 0.1) is 5.82 Å². The molecular weight excluding hydrogens is 277 g/mol. The minimum absolute atomic E-state index is 0.209. The monoisotopic (exact) mass is 299 g/mol. The average Bonchev–Trinajstić information content (AvgIpc) is 2.36. The van der Waals surface area contributed by atoms with Gasteiger partial charge in [0.25, 0.3) is 0 Å². The Hall–Kier alpha value is -1.07. The summed E-state index contributed by atoms with van der Waals surface area (Å²) in [5.41, 5.74) is 1.33. The normalized spacial score (nSPS) is 14.2. The van der Waals surface area contributed by atoms with E-state index in [4.69, 9.17) is 4.74 Å². The molecule has 0 saturated heterocycles. The summed E-state index contributed by atoms with van der Waals surface area (Å²) in [5, 5.41) is 0. The van der Waals surface area contributed by atoms with Crippen molar-refractivity contribution in [3.63, 3.8) is 0 Å². The molecule has 0 fully saturated rings. The molecule has 0 unspecified atom stereocenters. The lowest BCUT2D eigenvalue weighted by atomic mass is 10.1. The molecule has 0 bridgehead atoms. The van der Waals surface area contributed by atoms with Crippen LogP contribution in [0.5, 0.6) is 5.75 Å². The van der Waals surface area contributed by atoms with Gasteiger partial charge in [-0.05, 0) is 52.3 Å². The Kier molecular flexibility index (Phi) is 6.02. The van der Waals surface area contributed by atoms with E-state index < -0.39 is 21.9 Å². The van der Waals surface area contributed by atoms with Crippen molar-refractivity contribution in [3.8, 4) is 5.75 Å². The second kappa shape index (κ2) is 7.09. The molecule has 112 valence electrons. The Labute approximate surface area is 123 Å². The number of halogens is 1. The SMILES string of the molecule is CCCOc1cc(C(C)=N[S@@+]([O-])C(C)(C)C)ccc1F. The number of ether oxygens (including phenoxy) is 1. The summed E-state index contributed by atoms with van der Waals surface area (Å²) in [6.45, 7) is 9.77. The molecule has 0 aliphatic carbocycles. The molecule has 1 rings (SSSR count). The smallest absolute Gasteiger partial charge is 0.165 e. The number of hydrogen-bond acceptors (Lipinski definition) is 3. The van der Waals surface area contributed by atoms with E-state index in [9.17, 15) is 8.94 Å². The summed E-state index contributed by atoms with van der Waals surface area (Å²) in [4.78, 5) is 0. The number of rotatable bonds is 5. The molecule has 0 N–H and O–H groups in total. The predicted molar refractivity (Wildman–Crippen MR) is 82.3 cm³/mol. The Morgan fingerprint density at radius 1 is 1.40 bits per heavy atom. The predicted octanol–water partition coefficient (Wildman–Crippen LogP) is 3.89. The zero-order valence-electron chi connectivity index (χ0n) is 12.7. The van der Waals surface area contributed by atoms with Gasteiger partial charge in [-0.3, -0.25) is 0 Å². The van der Waals surface area contributed by atoms with Gasteiger partial charge in [-0.1, -0.05) is 11.3 Å². The molecule has 0 aliphatic heterocycles. The minimum atomic E-state index is -1.33. The summed E-state index contributed by atoms with van der Waals surface area (Å²) in [7, 11) is 0. The van der Waals surface area contributed by atoms with E-state index in [0.717, 1.165) is 12.0 Å². The first-order valence-electron chi connectivity index (χ1n) is 6.65. The zero-order chi connectivity index (χ0) is 15.3. The lowest BCUT2D eigenvalue weighted by Gasteiger charge is -2.18. The van der Waals surface area contributed by atoms with E-state index in [0.29, 0.717) is 12.3 Å². The van der Waals surface area contributed by atoms with E-state index >= 15 is 0 Å². The van der Waals surface area contributed by atoms with E-state index in [2.05, 4.69) is 4.40 Å². The largest absolute Gasteiger partial charge is 0.591 e. The third-order valence-electron chi connectivity index (χ3n) is 2.55. The zero-order valence-corrected chi connectivity index (χ0v) is 13.5. The summed E-state index contributed by atoms with van der Waals surface area (Å²) >= 11 is -1.33. The van der Waals surface area contributed by atoms with Crippen LogP contribution >= 0.6 is 0 Å². The molecule has 1 atom stereocenters. The van der Waals surface area contributed by atoms with Crippen molar-refractivity contribution in [2.45, 2.75) is 45.8 Å². The highest BCUT2D eigenvalue weighted by Gasteiger charge is 2.26. The lowest BCUT2D eigenvalue weighted by molar-refractivity contribution is 0.301. The van der Waals surface area contributed by atoms with Crippen LogP contribution in [0.15, 0.2) is 22.6 Å². The summed E-state index contributed by atoms with van der Waals surface area (Å²) < 4.78 is 34.7. The average molecular weight is 299 g/mol. The van der Waals surface area contributed by atoms with Gasteiger partial charge in [-0.15, -0.1) is 0 Å². The maximum absolute atomic E-state index is 13.6. The Bertz CT molecular complexity index is 483. The highest BCUT2D eigenvalue weighted by molar-refractivity contribution is 7.91. The van der Waals surface area contributed by atoms with Gasteiger partial charge in [0.05, 0.1) is 12.3 Å². The third kappa shape index (κ3) is 4.80. The van der Waals surface area contributed by atoms with Gasteiger partial charge in [-0.25, -0.2) is 4.39 Å².